The Morgan fingerprint density at radius 1 is 0.234 bits per heavy atom. The van der Waals surface area contributed by atoms with E-state index in [1.807, 2.05) is 0 Å². The topological polar surface area (TPSA) is 52.0 Å². The molecule has 4 N–H and O–H groups in total. The summed E-state index contributed by atoms with van der Waals surface area (Å²) in [4.78, 5) is 0. The maximum atomic E-state index is 6.02. The Labute approximate surface area is 299 Å². The molecule has 0 saturated carbocycles. The molecule has 0 atom stereocenters. The van der Waals surface area contributed by atoms with Crippen LogP contribution < -0.4 is 11.5 Å². The van der Waals surface area contributed by atoms with Gasteiger partial charge < -0.3 is 11.5 Å². The lowest BCUT2D eigenvalue weighted by Crippen LogP contribution is -2.48. The van der Waals surface area contributed by atoms with Gasteiger partial charge in [-0.3, -0.25) is 0 Å². The van der Waals surface area contributed by atoms with E-state index in [2.05, 4.69) is 13.8 Å². The summed E-state index contributed by atoms with van der Waals surface area (Å²) in [5.41, 5.74) is 11.6. The molecule has 0 aliphatic heterocycles. The first-order chi connectivity index (χ1) is 23.1. The lowest BCUT2D eigenvalue weighted by atomic mass is 9.99. The van der Waals surface area contributed by atoms with Gasteiger partial charge in [-0.05, 0) is 12.8 Å². The molecule has 2 nitrogen and oxygen atoms in total. The average Bonchev–Trinajstić information content (AvgIpc) is 3.07. The van der Waals surface area contributed by atoms with Crippen molar-refractivity contribution in [1.82, 2.24) is 0 Å². The van der Waals surface area contributed by atoms with Crippen LogP contribution in [0.5, 0.6) is 0 Å². The van der Waals surface area contributed by atoms with Crippen molar-refractivity contribution in [3.05, 3.63) is 0 Å². The Bertz CT molecular complexity index is 544. The maximum Gasteiger partial charge on any atom is 0.0633 e. The summed E-state index contributed by atoms with van der Waals surface area (Å²) in [6.45, 7) is 4.40. The quantitative estimate of drug-likeness (QED) is 0.0505. The van der Waals surface area contributed by atoms with Crippen molar-refractivity contribution in [2.75, 3.05) is 0 Å². The Morgan fingerprint density at radius 2 is 0.383 bits per heavy atom. The highest BCUT2D eigenvalue weighted by atomic mass is 14.9. The molecule has 0 fully saturated rings. The fourth-order valence-corrected chi connectivity index (χ4v) is 7.42. The minimum absolute atomic E-state index is 0.427. The molecule has 0 rings (SSSR count). The first-order valence-electron chi connectivity index (χ1n) is 22.7. The van der Waals surface area contributed by atoms with E-state index in [0.29, 0.717) is 0 Å². The van der Waals surface area contributed by atoms with E-state index in [9.17, 15) is 0 Å². The van der Waals surface area contributed by atoms with Gasteiger partial charge in [0, 0.05) is 0 Å². The van der Waals surface area contributed by atoms with Gasteiger partial charge in [-0.15, -0.1) is 0 Å². The van der Waals surface area contributed by atoms with Crippen molar-refractivity contribution >= 4 is 0 Å². The molecule has 0 heterocycles. The van der Waals surface area contributed by atoms with Crippen LogP contribution in [-0.2, 0) is 0 Å². The molecule has 0 aromatic carbocycles. The molecule has 0 unspecified atom stereocenters. The van der Waals surface area contributed by atoms with Crippen molar-refractivity contribution < 1.29 is 0 Å². The Balaban J connectivity index is 3.07. The third kappa shape index (κ3) is 42.0. The zero-order valence-corrected chi connectivity index (χ0v) is 33.4. The van der Waals surface area contributed by atoms with Gasteiger partial charge in [-0.1, -0.05) is 271 Å². The summed E-state index contributed by atoms with van der Waals surface area (Å²) in [5, 5.41) is 0. The highest BCUT2D eigenvalue weighted by Gasteiger charge is 2.14. The van der Waals surface area contributed by atoms with E-state index in [-0.39, 0.29) is 0 Å². The van der Waals surface area contributed by atoms with Crippen LogP contribution in [0.25, 0.3) is 0 Å². The van der Waals surface area contributed by atoms with Crippen molar-refractivity contribution in [1.29, 1.82) is 0 Å². The first kappa shape index (κ1) is 46.9. The summed E-state index contributed by atoms with van der Waals surface area (Å²) in [7, 11) is 0. The van der Waals surface area contributed by atoms with Gasteiger partial charge in [0.05, 0.1) is 5.66 Å². The molecule has 0 radical (unpaired) electrons. The number of nitrogens with two attached hydrogens (primary N) is 2. The van der Waals surface area contributed by atoms with Crippen LogP contribution in [0.2, 0.25) is 0 Å². The molecule has 47 heavy (non-hydrogen) atoms. The summed E-state index contributed by atoms with van der Waals surface area (Å²) in [6, 6.07) is 0. The zero-order valence-electron chi connectivity index (χ0n) is 33.4. The van der Waals surface area contributed by atoms with Gasteiger partial charge in [0.25, 0.3) is 0 Å². The minimum atomic E-state index is -0.427. The number of unbranched alkanes of at least 4 members (excludes halogenated alkanes) is 39. The van der Waals surface area contributed by atoms with Crippen LogP contribution in [0.15, 0.2) is 0 Å². The molecule has 0 aromatic rings. The molecule has 0 bridgehead atoms. The van der Waals surface area contributed by atoms with E-state index in [4.69, 9.17) is 11.5 Å². The number of hydrogen-bond donors (Lipinski definition) is 2. The summed E-state index contributed by atoms with van der Waals surface area (Å²) < 4.78 is 0. The second-order valence-corrected chi connectivity index (χ2v) is 16.1. The second-order valence-electron chi connectivity index (χ2n) is 16.1. The van der Waals surface area contributed by atoms with Gasteiger partial charge >= 0.3 is 0 Å². The Kier molecular flexibility index (Phi) is 40.3. The summed E-state index contributed by atoms with van der Waals surface area (Å²) in [5.74, 6) is 0. The molecule has 284 valence electrons. The molecule has 0 aliphatic rings. The Hall–Kier alpha value is -0.0800. The molecule has 0 amide bonds. The van der Waals surface area contributed by atoms with Gasteiger partial charge in [-0.25, -0.2) is 0 Å². The monoisotopic (exact) mass is 663 g/mol. The lowest BCUT2D eigenvalue weighted by molar-refractivity contribution is 0.374. The highest BCUT2D eigenvalue weighted by Crippen LogP contribution is 2.18. The Morgan fingerprint density at radius 3 is 0.532 bits per heavy atom. The average molecular weight is 663 g/mol. The van der Waals surface area contributed by atoms with Crippen molar-refractivity contribution in [3.8, 4) is 0 Å². The van der Waals surface area contributed by atoms with Crippen LogP contribution in [0.3, 0.4) is 0 Å². The third-order valence-electron chi connectivity index (χ3n) is 11.2. The predicted octanol–water partition coefficient (Wildman–Crippen LogP) is 16.0. The third-order valence-corrected chi connectivity index (χ3v) is 11.2. The van der Waals surface area contributed by atoms with Crippen molar-refractivity contribution in [2.45, 2.75) is 289 Å². The predicted molar refractivity (Wildman–Crippen MR) is 216 cm³/mol. The van der Waals surface area contributed by atoms with Crippen LogP contribution in [0.1, 0.15) is 284 Å². The second kappa shape index (κ2) is 40.4. The molecule has 0 saturated heterocycles. The van der Waals surface area contributed by atoms with Crippen LogP contribution in [0.4, 0.5) is 0 Å². The van der Waals surface area contributed by atoms with Crippen LogP contribution in [0, 0.1) is 0 Å². The normalized spacial score (nSPS) is 12.0. The molecule has 2 heteroatoms. The van der Waals surface area contributed by atoms with Gasteiger partial charge in [0.1, 0.15) is 0 Å². The minimum Gasteiger partial charge on any atom is -0.314 e. The van der Waals surface area contributed by atoms with Gasteiger partial charge in [0.15, 0.2) is 0 Å². The fraction of sp³-hybridized carbons (Fsp3) is 1.00. The van der Waals surface area contributed by atoms with Crippen molar-refractivity contribution in [2.24, 2.45) is 11.5 Å². The standard InChI is InChI=1S/C45H94N2/c1-3-5-6-7-8-9-10-11-12-13-14-15-16-17-18-19-20-21-22-23-24-25-26-27-28-29-30-31-32-33-34-35-36-37-38-39-40-41-42-43-44-45(46,47)4-2/h3-44,46-47H2,1-2H3. The summed E-state index contributed by atoms with van der Waals surface area (Å²) in [6.07, 6.45) is 60.2. The molecule has 0 aliphatic carbocycles. The van der Waals surface area contributed by atoms with Crippen molar-refractivity contribution in [3.63, 3.8) is 0 Å². The first-order valence-corrected chi connectivity index (χ1v) is 22.7. The molecule has 0 spiro atoms. The molecular formula is C45H94N2. The van der Waals surface area contributed by atoms with E-state index < -0.39 is 5.66 Å². The van der Waals surface area contributed by atoms with Gasteiger partial charge in [-0.2, -0.15) is 0 Å². The fourth-order valence-electron chi connectivity index (χ4n) is 7.42. The molecule has 0 aromatic heterocycles. The van der Waals surface area contributed by atoms with Crippen LogP contribution in [-0.4, -0.2) is 5.66 Å². The number of hydrogen-bond acceptors (Lipinski definition) is 2. The van der Waals surface area contributed by atoms with E-state index in [0.717, 1.165) is 12.8 Å². The molecular weight excluding hydrogens is 569 g/mol. The highest BCUT2D eigenvalue weighted by molar-refractivity contribution is 4.74. The maximum absolute atomic E-state index is 6.02. The number of rotatable bonds is 42. The van der Waals surface area contributed by atoms with E-state index in [1.54, 1.807) is 0 Å². The van der Waals surface area contributed by atoms with Gasteiger partial charge in [0.2, 0.25) is 0 Å². The smallest absolute Gasteiger partial charge is 0.0633 e. The summed E-state index contributed by atoms with van der Waals surface area (Å²) >= 11 is 0. The lowest BCUT2D eigenvalue weighted by Gasteiger charge is -2.22. The van der Waals surface area contributed by atoms with E-state index in [1.165, 1.54) is 257 Å². The van der Waals surface area contributed by atoms with Crippen LogP contribution >= 0.6 is 0 Å². The SMILES string of the molecule is CCCCCCCCCCCCCCCCCCCCCCCCCCCCCCCCCCCCCCCCCCC(N)(N)CC. The zero-order chi connectivity index (χ0) is 34.2. The largest absolute Gasteiger partial charge is 0.314 e. The van der Waals surface area contributed by atoms with E-state index >= 15 is 0 Å².